The van der Waals surface area contributed by atoms with Gasteiger partial charge in [-0.15, -0.1) is 0 Å². The first-order chi connectivity index (χ1) is 5.16. The molecule has 0 rings (SSSR count). The number of halogens is 1. The van der Waals surface area contributed by atoms with Gasteiger partial charge in [-0.25, -0.2) is 0 Å². The van der Waals surface area contributed by atoms with Gasteiger partial charge in [-0.2, -0.15) is 0 Å². The van der Waals surface area contributed by atoms with Crippen molar-refractivity contribution >= 4 is 22.8 Å². The summed E-state index contributed by atoms with van der Waals surface area (Å²) in [6, 6.07) is 0. The van der Waals surface area contributed by atoms with Gasteiger partial charge in [-0.05, 0) is 18.0 Å². The molecule has 0 N–H and O–H groups in total. The second kappa shape index (κ2) is 6.16. The van der Waals surface area contributed by atoms with E-state index in [1.807, 2.05) is 6.92 Å². The zero-order valence-corrected chi connectivity index (χ0v) is 7.19. The second-order valence-corrected chi connectivity index (χ2v) is 2.50. The SMILES string of the molecule is CCCOC(=O)CCC(=O)Cl. The van der Waals surface area contributed by atoms with Gasteiger partial charge in [0.1, 0.15) is 0 Å². The van der Waals surface area contributed by atoms with Crippen molar-refractivity contribution in [2.45, 2.75) is 26.2 Å². The largest absolute Gasteiger partial charge is 0.466 e. The Morgan fingerprint density at radius 1 is 1.36 bits per heavy atom. The topological polar surface area (TPSA) is 43.4 Å². The number of esters is 1. The van der Waals surface area contributed by atoms with Gasteiger partial charge in [-0.1, -0.05) is 6.92 Å². The lowest BCUT2D eigenvalue weighted by atomic mass is 10.3. The fraction of sp³-hybridized carbons (Fsp3) is 0.714. The van der Waals surface area contributed by atoms with Gasteiger partial charge < -0.3 is 4.74 Å². The Bertz CT molecular complexity index is 145. The molecule has 0 spiro atoms. The molecule has 0 aliphatic heterocycles. The number of carbonyl (C=O) groups is 2. The van der Waals surface area contributed by atoms with Gasteiger partial charge in [0.2, 0.25) is 5.24 Å². The average Bonchev–Trinajstić information content (AvgIpc) is 1.97. The molecule has 0 fully saturated rings. The zero-order chi connectivity index (χ0) is 8.69. The van der Waals surface area contributed by atoms with Crippen LogP contribution < -0.4 is 0 Å². The summed E-state index contributed by atoms with van der Waals surface area (Å²) in [5, 5.41) is -0.501. The minimum Gasteiger partial charge on any atom is -0.466 e. The lowest BCUT2D eigenvalue weighted by molar-refractivity contribution is -0.144. The number of ether oxygens (including phenoxy) is 1. The number of rotatable bonds is 5. The van der Waals surface area contributed by atoms with E-state index in [-0.39, 0.29) is 18.8 Å². The first-order valence-electron chi connectivity index (χ1n) is 3.50. The summed E-state index contributed by atoms with van der Waals surface area (Å²) < 4.78 is 4.69. The molecular weight excluding hydrogens is 168 g/mol. The van der Waals surface area contributed by atoms with Gasteiger partial charge in [-0.3, -0.25) is 9.59 Å². The molecule has 11 heavy (non-hydrogen) atoms. The molecule has 0 aromatic rings. The maximum absolute atomic E-state index is 10.7. The Labute approximate surface area is 70.7 Å². The smallest absolute Gasteiger partial charge is 0.306 e. The Morgan fingerprint density at radius 2 is 2.00 bits per heavy atom. The normalized spacial score (nSPS) is 9.27. The highest BCUT2D eigenvalue weighted by molar-refractivity contribution is 6.63. The van der Waals surface area contributed by atoms with E-state index in [9.17, 15) is 9.59 Å². The molecule has 0 bridgehead atoms. The Morgan fingerprint density at radius 3 is 2.45 bits per heavy atom. The van der Waals surface area contributed by atoms with E-state index in [2.05, 4.69) is 0 Å². The van der Waals surface area contributed by atoms with Crippen molar-refractivity contribution in [3.05, 3.63) is 0 Å². The highest BCUT2D eigenvalue weighted by Gasteiger charge is 2.04. The molecule has 0 saturated heterocycles. The van der Waals surface area contributed by atoms with Gasteiger partial charge >= 0.3 is 5.97 Å². The molecule has 3 nitrogen and oxygen atoms in total. The molecule has 0 aliphatic rings. The molecule has 0 aromatic heterocycles. The number of carbonyl (C=O) groups excluding carboxylic acids is 2. The van der Waals surface area contributed by atoms with Crippen LogP contribution in [0.2, 0.25) is 0 Å². The third kappa shape index (κ3) is 7.33. The van der Waals surface area contributed by atoms with E-state index in [1.54, 1.807) is 0 Å². The molecule has 0 unspecified atom stereocenters. The zero-order valence-electron chi connectivity index (χ0n) is 6.43. The second-order valence-electron chi connectivity index (χ2n) is 2.08. The van der Waals surface area contributed by atoms with Crippen molar-refractivity contribution in [2.24, 2.45) is 0 Å². The molecule has 0 saturated carbocycles. The lowest BCUT2D eigenvalue weighted by Crippen LogP contribution is -2.06. The van der Waals surface area contributed by atoms with Crippen LogP contribution in [0.15, 0.2) is 0 Å². The van der Waals surface area contributed by atoms with E-state index < -0.39 is 5.24 Å². The van der Waals surface area contributed by atoms with E-state index in [0.717, 1.165) is 6.42 Å². The summed E-state index contributed by atoms with van der Waals surface area (Å²) in [6.07, 6.45) is 0.937. The summed E-state index contributed by atoms with van der Waals surface area (Å²) in [5.74, 6) is -0.360. The maximum Gasteiger partial charge on any atom is 0.306 e. The first kappa shape index (κ1) is 10.4. The minimum atomic E-state index is -0.501. The molecule has 0 aromatic carbocycles. The Kier molecular flexibility index (Phi) is 5.84. The van der Waals surface area contributed by atoms with Crippen molar-refractivity contribution in [3.63, 3.8) is 0 Å². The monoisotopic (exact) mass is 178 g/mol. The van der Waals surface area contributed by atoms with E-state index in [1.165, 1.54) is 0 Å². The lowest BCUT2D eigenvalue weighted by Gasteiger charge is -1.99. The van der Waals surface area contributed by atoms with Crippen LogP contribution in [0.1, 0.15) is 26.2 Å². The Balaban J connectivity index is 3.30. The molecule has 0 amide bonds. The Hall–Kier alpha value is -0.570. The summed E-state index contributed by atoms with van der Waals surface area (Å²) in [7, 11) is 0. The van der Waals surface area contributed by atoms with Crippen molar-refractivity contribution in [3.8, 4) is 0 Å². The summed E-state index contributed by atoms with van der Waals surface area (Å²) in [6.45, 7) is 2.31. The molecule has 0 aliphatic carbocycles. The van der Waals surface area contributed by atoms with Gasteiger partial charge in [0.05, 0.1) is 13.0 Å². The number of hydrogen-bond donors (Lipinski definition) is 0. The van der Waals surface area contributed by atoms with Crippen LogP contribution in [0.5, 0.6) is 0 Å². The van der Waals surface area contributed by atoms with Crippen molar-refractivity contribution < 1.29 is 14.3 Å². The average molecular weight is 179 g/mol. The van der Waals surface area contributed by atoms with E-state index in [4.69, 9.17) is 16.3 Å². The van der Waals surface area contributed by atoms with E-state index in [0.29, 0.717) is 6.61 Å². The van der Waals surface area contributed by atoms with Crippen LogP contribution in [0, 0.1) is 0 Å². The predicted octanol–water partition coefficient (Wildman–Crippen LogP) is 1.49. The van der Waals surface area contributed by atoms with Crippen molar-refractivity contribution in [2.75, 3.05) is 6.61 Å². The van der Waals surface area contributed by atoms with Crippen LogP contribution in [0.3, 0.4) is 0 Å². The molecule has 0 heterocycles. The summed E-state index contributed by atoms with van der Waals surface area (Å²) in [4.78, 5) is 20.9. The molecule has 0 atom stereocenters. The van der Waals surface area contributed by atoms with Crippen LogP contribution in [-0.2, 0) is 14.3 Å². The molecular formula is C7H11ClO3. The molecule has 4 heteroatoms. The first-order valence-corrected chi connectivity index (χ1v) is 3.88. The van der Waals surface area contributed by atoms with Gasteiger partial charge in [0.15, 0.2) is 0 Å². The van der Waals surface area contributed by atoms with Crippen LogP contribution in [-0.4, -0.2) is 17.8 Å². The third-order valence-electron chi connectivity index (χ3n) is 0.993. The fourth-order valence-corrected chi connectivity index (χ4v) is 0.583. The molecule has 0 radical (unpaired) electrons. The highest BCUT2D eigenvalue weighted by Crippen LogP contribution is 1.97. The van der Waals surface area contributed by atoms with Gasteiger partial charge in [0.25, 0.3) is 0 Å². The minimum absolute atomic E-state index is 0.0596. The van der Waals surface area contributed by atoms with Crippen molar-refractivity contribution in [1.29, 1.82) is 0 Å². The highest BCUT2D eigenvalue weighted by atomic mass is 35.5. The van der Waals surface area contributed by atoms with E-state index >= 15 is 0 Å². The molecule has 64 valence electrons. The standard InChI is InChI=1S/C7H11ClO3/c1-2-5-11-7(10)4-3-6(8)9/h2-5H2,1H3. The maximum atomic E-state index is 10.7. The fourth-order valence-electron chi connectivity index (χ4n) is 0.488. The predicted molar refractivity (Wildman–Crippen MR) is 41.3 cm³/mol. The number of hydrogen-bond acceptors (Lipinski definition) is 3. The van der Waals surface area contributed by atoms with Gasteiger partial charge in [0, 0.05) is 6.42 Å². The summed E-state index contributed by atoms with van der Waals surface area (Å²) >= 11 is 5.01. The van der Waals surface area contributed by atoms with Crippen LogP contribution >= 0.6 is 11.6 Å². The summed E-state index contributed by atoms with van der Waals surface area (Å²) in [5.41, 5.74) is 0. The van der Waals surface area contributed by atoms with Crippen LogP contribution in [0.4, 0.5) is 0 Å². The third-order valence-corrected chi connectivity index (χ3v) is 1.18. The van der Waals surface area contributed by atoms with Crippen molar-refractivity contribution in [1.82, 2.24) is 0 Å². The van der Waals surface area contributed by atoms with Crippen LogP contribution in [0.25, 0.3) is 0 Å². The quantitative estimate of drug-likeness (QED) is 0.473.